The molecule has 2 unspecified atom stereocenters. The van der Waals surface area contributed by atoms with E-state index in [1.54, 1.807) is 10.8 Å². The van der Waals surface area contributed by atoms with Gasteiger partial charge in [0.15, 0.2) is 6.23 Å². The molecule has 200 valence electrons. The van der Waals surface area contributed by atoms with E-state index in [2.05, 4.69) is 41.4 Å². The van der Waals surface area contributed by atoms with Gasteiger partial charge in [-0.25, -0.2) is 14.8 Å². The minimum Gasteiger partial charge on any atom is -0.387 e. The maximum absolute atomic E-state index is 12.2. The Hall–Kier alpha value is -3.05. The van der Waals surface area contributed by atoms with Gasteiger partial charge in [-0.15, -0.1) is 0 Å². The largest absolute Gasteiger partial charge is 0.387 e. The lowest BCUT2D eigenvalue weighted by molar-refractivity contribution is -0.0419. The lowest BCUT2D eigenvalue weighted by Gasteiger charge is -2.23. The third-order valence-electron chi connectivity index (χ3n) is 6.82. The van der Waals surface area contributed by atoms with Gasteiger partial charge < -0.3 is 35.1 Å². The highest BCUT2D eigenvalue weighted by Gasteiger charge is 2.44. The van der Waals surface area contributed by atoms with Crippen molar-refractivity contribution in [2.24, 2.45) is 0 Å². The summed E-state index contributed by atoms with van der Waals surface area (Å²) in [6.07, 6.45) is 0.609. The summed E-state index contributed by atoms with van der Waals surface area (Å²) in [5, 5.41) is 27.9. The van der Waals surface area contributed by atoms with Crippen molar-refractivity contribution in [1.29, 1.82) is 0 Å². The van der Waals surface area contributed by atoms with E-state index in [-0.39, 0.29) is 11.4 Å². The first-order chi connectivity index (χ1) is 17.5. The van der Waals surface area contributed by atoms with Gasteiger partial charge in [0.1, 0.15) is 30.3 Å². The van der Waals surface area contributed by atoms with Crippen molar-refractivity contribution in [3.8, 4) is 0 Å². The molecular formula is C27H38N6O4. The number of hydrogen-bond donors (Lipinski definition) is 4. The smallest absolute Gasteiger partial charge is 0.319 e. The zero-order chi connectivity index (χ0) is 26.7. The van der Waals surface area contributed by atoms with Crippen molar-refractivity contribution in [1.82, 2.24) is 24.8 Å². The third-order valence-corrected chi connectivity index (χ3v) is 6.82. The molecule has 1 aromatic carbocycles. The van der Waals surface area contributed by atoms with Crippen LogP contribution in [-0.4, -0.2) is 80.7 Å². The van der Waals surface area contributed by atoms with E-state index in [0.29, 0.717) is 25.3 Å². The minimum absolute atomic E-state index is 0.0656. The van der Waals surface area contributed by atoms with Crippen LogP contribution in [0.2, 0.25) is 0 Å². The zero-order valence-electron chi connectivity index (χ0n) is 22.2. The molecule has 1 fully saturated rings. The van der Waals surface area contributed by atoms with Crippen molar-refractivity contribution in [3.63, 3.8) is 0 Å². The summed E-state index contributed by atoms with van der Waals surface area (Å²) in [5.41, 5.74) is 3.53. The Bertz CT molecular complexity index is 1210. The summed E-state index contributed by atoms with van der Waals surface area (Å²) in [6, 6.07) is 9.51. The van der Waals surface area contributed by atoms with Crippen LogP contribution in [0, 0.1) is 6.92 Å². The number of anilines is 1. The molecule has 0 spiro atoms. The molecule has 1 aliphatic rings. The first-order valence-electron chi connectivity index (χ1n) is 12.7. The Kier molecular flexibility index (Phi) is 8.13. The number of ether oxygens (including phenoxy) is 1. The van der Waals surface area contributed by atoms with Crippen LogP contribution in [0.1, 0.15) is 44.7 Å². The Morgan fingerprint density at radius 1 is 1.14 bits per heavy atom. The number of aliphatic hydroxyl groups is 2. The zero-order valence-corrected chi connectivity index (χ0v) is 22.2. The standard InChI is InChI=1S/C27H38N6O4/c1-17-20-11-14-33(24(20)30-16-29-17)25-23(35)22(34)21(37-25)15-32(5)13-6-12-28-26(36)31-19-9-7-18(8-10-19)27(2,3)4/h7-11,14,16,21-23,25,34-35H,6,12-13,15H2,1-5H3,(H2,28,31,36)/t21-,22-,23?,25?/m1/s1. The molecule has 3 aromatic rings. The molecule has 0 radical (unpaired) electrons. The number of urea groups is 1. The van der Waals surface area contributed by atoms with Gasteiger partial charge in [-0.05, 0) is 56.1 Å². The van der Waals surface area contributed by atoms with E-state index in [0.717, 1.165) is 23.2 Å². The van der Waals surface area contributed by atoms with E-state index in [1.807, 2.05) is 49.2 Å². The number of likely N-dealkylation sites (N-methyl/N-ethyl adjacent to an activating group) is 1. The summed E-state index contributed by atoms with van der Waals surface area (Å²) < 4.78 is 7.82. The summed E-state index contributed by atoms with van der Waals surface area (Å²) in [6.45, 7) is 9.98. The lowest BCUT2D eigenvalue weighted by atomic mass is 9.87. The average Bonchev–Trinajstić information content (AvgIpc) is 3.39. The Balaban J connectivity index is 1.21. The maximum atomic E-state index is 12.2. The van der Waals surface area contributed by atoms with E-state index < -0.39 is 24.5 Å². The summed E-state index contributed by atoms with van der Waals surface area (Å²) in [4.78, 5) is 22.8. The fourth-order valence-electron chi connectivity index (χ4n) is 4.59. The maximum Gasteiger partial charge on any atom is 0.319 e. The SMILES string of the molecule is Cc1ncnc2c1ccn2C1O[C@H](CN(C)CCCNC(=O)Nc2ccc(C(C)(C)C)cc2)[C@@H](O)C1O. The van der Waals surface area contributed by atoms with Gasteiger partial charge in [-0.2, -0.15) is 0 Å². The number of aromatic nitrogens is 3. The molecule has 10 nitrogen and oxygen atoms in total. The van der Waals surface area contributed by atoms with Crippen LogP contribution in [0.25, 0.3) is 11.0 Å². The highest BCUT2D eigenvalue weighted by Crippen LogP contribution is 2.32. The molecule has 37 heavy (non-hydrogen) atoms. The van der Waals surface area contributed by atoms with Crippen molar-refractivity contribution in [2.45, 2.75) is 64.1 Å². The second kappa shape index (κ2) is 11.1. The van der Waals surface area contributed by atoms with Crippen LogP contribution in [0.3, 0.4) is 0 Å². The van der Waals surface area contributed by atoms with Gasteiger partial charge >= 0.3 is 6.03 Å². The van der Waals surface area contributed by atoms with Crippen molar-refractivity contribution < 1.29 is 19.7 Å². The van der Waals surface area contributed by atoms with E-state index >= 15 is 0 Å². The molecule has 10 heteroatoms. The summed E-state index contributed by atoms with van der Waals surface area (Å²) in [5.74, 6) is 0. The fourth-order valence-corrected chi connectivity index (χ4v) is 4.59. The van der Waals surface area contributed by atoms with Crippen LogP contribution in [0.4, 0.5) is 10.5 Å². The Labute approximate surface area is 217 Å². The number of carbonyl (C=O) groups excluding carboxylic acids is 1. The monoisotopic (exact) mass is 510 g/mol. The van der Waals surface area contributed by atoms with Gasteiger partial charge in [0.25, 0.3) is 0 Å². The number of carbonyl (C=O) groups is 1. The number of nitrogens with zero attached hydrogens (tertiary/aromatic N) is 4. The molecule has 0 bridgehead atoms. The quantitative estimate of drug-likeness (QED) is 0.344. The fraction of sp³-hybridized carbons (Fsp3) is 0.519. The van der Waals surface area contributed by atoms with Gasteiger partial charge in [-0.1, -0.05) is 32.9 Å². The number of fused-ring (bicyclic) bond motifs is 1. The van der Waals surface area contributed by atoms with Gasteiger partial charge in [0.05, 0.1) is 5.69 Å². The second-order valence-electron chi connectivity index (χ2n) is 10.8. The highest BCUT2D eigenvalue weighted by molar-refractivity contribution is 5.89. The van der Waals surface area contributed by atoms with E-state index in [9.17, 15) is 15.0 Å². The lowest BCUT2D eigenvalue weighted by Crippen LogP contribution is -2.39. The van der Waals surface area contributed by atoms with Crippen molar-refractivity contribution in [2.75, 3.05) is 32.0 Å². The van der Waals surface area contributed by atoms with Crippen LogP contribution in [0.15, 0.2) is 42.9 Å². The van der Waals surface area contributed by atoms with Gasteiger partial charge in [0, 0.05) is 30.4 Å². The number of aliphatic hydroxyl groups excluding tert-OH is 2. The molecule has 1 saturated heterocycles. The first-order valence-corrected chi connectivity index (χ1v) is 12.7. The van der Waals surface area contributed by atoms with E-state index in [1.165, 1.54) is 11.9 Å². The normalized spacial score (nSPS) is 22.1. The Morgan fingerprint density at radius 2 is 1.86 bits per heavy atom. The molecule has 1 aliphatic heterocycles. The second-order valence-corrected chi connectivity index (χ2v) is 10.8. The number of nitrogens with one attached hydrogen (secondary N) is 2. The van der Waals surface area contributed by atoms with E-state index in [4.69, 9.17) is 4.74 Å². The summed E-state index contributed by atoms with van der Waals surface area (Å²) in [7, 11) is 1.92. The highest BCUT2D eigenvalue weighted by atomic mass is 16.6. The van der Waals surface area contributed by atoms with Crippen LogP contribution in [0.5, 0.6) is 0 Å². The minimum atomic E-state index is -1.08. The van der Waals surface area contributed by atoms with Crippen molar-refractivity contribution >= 4 is 22.8 Å². The number of rotatable bonds is 8. The van der Waals surface area contributed by atoms with Crippen LogP contribution >= 0.6 is 0 Å². The third kappa shape index (κ3) is 6.27. The molecule has 4 N–H and O–H groups in total. The van der Waals surface area contributed by atoms with Crippen molar-refractivity contribution in [3.05, 3.63) is 54.1 Å². The van der Waals surface area contributed by atoms with Gasteiger partial charge in [0.2, 0.25) is 0 Å². The molecule has 3 heterocycles. The molecule has 2 aromatic heterocycles. The molecule has 2 amide bonds. The molecular weight excluding hydrogens is 472 g/mol. The summed E-state index contributed by atoms with van der Waals surface area (Å²) >= 11 is 0. The number of benzene rings is 1. The number of hydrogen-bond acceptors (Lipinski definition) is 7. The van der Waals surface area contributed by atoms with Crippen LogP contribution < -0.4 is 10.6 Å². The molecule has 0 aliphatic carbocycles. The molecule has 0 saturated carbocycles. The first kappa shape index (κ1) is 27.0. The Morgan fingerprint density at radius 3 is 2.57 bits per heavy atom. The van der Waals surface area contributed by atoms with Gasteiger partial charge in [-0.3, -0.25) is 0 Å². The predicted molar refractivity (Wildman–Crippen MR) is 142 cm³/mol. The topological polar surface area (TPSA) is 125 Å². The molecule has 4 atom stereocenters. The predicted octanol–water partition coefficient (Wildman–Crippen LogP) is 2.80. The number of amides is 2. The molecule has 4 rings (SSSR count). The average molecular weight is 511 g/mol. The van der Waals surface area contributed by atoms with Crippen LogP contribution in [-0.2, 0) is 10.2 Å². The number of aryl methyl sites for hydroxylation is 1.